The third-order valence-electron chi connectivity index (χ3n) is 2.06. The average molecular weight is 207 g/mol. The molecular weight excluding hydrogens is 193 g/mol. The molecule has 0 radical (unpaired) electrons. The normalized spacial score (nSPS) is 9.67. The monoisotopic (exact) mass is 207 g/mol. The Labute approximate surface area is 89.3 Å². The summed E-state index contributed by atoms with van der Waals surface area (Å²) >= 11 is 0. The van der Waals surface area contributed by atoms with Gasteiger partial charge in [-0.15, -0.1) is 0 Å². The van der Waals surface area contributed by atoms with Crippen molar-refractivity contribution in [1.29, 1.82) is 5.26 Å². The van der Waals surface area contributed by atoms with Gasteiger partial charge in [0.05, 0.1) is 12.7 Å². The van der Waals surface area contributed by atoms with Gasteiger partial charge >= 0.3 is 0 Å². The molecule has 80 valence electrons. The Bertz CT molecular complexity index is 357. The van der Waals surface area contributed by atoms with Gasteiger partial charge in [0.1, 0.15) is 11.6 Å². The predicted octanol–water partition coefficient (Wildman–Crippen LogP) is 3.07. The summed E-state index contributed by atoms with van der Waals surface area (Å²) in [4.78, 5) is 0. The smallest absolute Gasteiger partial charge is 0.123 e. The van der Waals surface area contributed by atoms with E-state index in [1.54, 1.807) is 6.07 Å². The topological polar surface area (TPSA) is 33.0 Å². The van der Waals surface area contributed by atoms with Crippen LogP contribution in [0.3, 0.4) is 0 Å². The number of halogens is 1. The van der Waals surface area contributed by atoms with E-state index in [2.05, 4.69) is 6.07 Å². The summed E-state index contributed by atoms with van der Waals surface area (Å²) in [5.74, 6) is 0.460. The van der Waals surface area contributed by atoms with Crippen molar-refractivity contribution in [2.75, 3.05) is 6.61 Å². The summed E-state index contributed by atoms with van der Waals surface area (Å²) in [6.07, 6.45) is 1.91. The van der Waals surface area contributed by atoms with E-state index in [-0.39, 0.29) is 5.82 Å². The predicted molar refractivity (Wildman–Crippen MR) is 56.1 cm³/mol. The molecule has 3 heteroatoms. The summed E-state index contributed by atoms with van der Waals surface area (Å²) in [6, 6.07) is 6.57. The number of aryl methyl sites for hydroxylation is 1. The number of hydrogen-bond donors (Lipinski definition) is 0. The van der Waals surface area contributed by atoms with Crippen molar-refractivity contribution in [1.82, 2.24) is 0 Å². The molecule has 2 nitrogen and oxygen atoms in total. The molecule has 0 spiro atoms. The van der Waals surface area contributed by atoms with E-state index in [1.165, 1.54) is 12.1 Å². The highest BCUT2D eigenvalue weighted by molar-refractivity contribution is 5.34. The molecule has 15 heavy (non-hydrogen) atoms. The lowest BCUT2D eigenvalue weighted by molar-refractivity contribution is 0.335. The number of nitrogens with zero attached hydrogens (tertiary/aromatic N) is 1. The summed E-state index contributed by atoms with van der Waals surface area (Å²) in [5.41, 5.74) is 0.840. The number of hydrogen-bond acceptors (Lipinski definition) is 2. The van der Waals surface area contributed by atoms with Gasteiger partial charge in [0.15, 0.2) is 0 Å². The van der Waals surface area contributed by atoms with Crippen LogP contribution in [0.15, 0.2) is 18.2 Å². The molecule has 0 bridgehead atoms. The fourth-order valence-electron chi connectivity index (χ4n) is 1.40. The molecule has 1 rings (SSSR count). The Morgan fingerprint density at radius 1 is 1.47 bits per heavy atom. The summed E-state index contributed by atoms with van der Waals surface area (Å²) < 4.78 is 18.3. The second-order valence-electron chi connectivity index (χ2n) is 3.20. The Balaban J connectivity index is 2.73. The van der Waals surface area contributed by atoms with Crippen LogP contribution in [0.4, 0.5) is 4.39 Å². The van der Waals surface area contributed by atoms with E-state index >= 15 is 0 Å². The van der Waals surface area contributed by atoms with Gasteiger partial charge in [-0.25, -0.2) is 4.39 Å². The van der Waals surface area contributed by atoms with Crippen molar-refractivity contribution < 1.29 is 9.13 Å². The van der Waals surface area contributed by atoms with Gasteiger partial charge < -0.3 is 4.74 Å². The van der Waals surface area contributed by atoms with E-state index in [0.29, 0.717) is 19.4 Å². The third kappa shape index (κ3) is 3.59. The van der Waals surface area contributed by atoms with Gasteiger partial charge in [-0.05, 0) is 43.5 Å². The Hall–Kier alpha value is -1.56. The maximum absolute atomic E-state index is 13.0. The summed E-state index contributed by atoms with van der Waals surface area (Å²) in [5, 5.41) is 8.42. The lowest BCUT2D eigenvalue weighted by Gasteiger charge is -2.09. The number of rotatable bonds is 5. The van der Waals surface area contributed by atoms with Crippen LogP contribution in [0.1, 0.15) is 25.3 Å². The fourth-order valence-corrected chi connectivity index (χ4v) is 1.40. The molecule has 0 saturated heterocycles. The van der Waals surface area contributed by atoms with Gasteiger partial charge in [0.25, 0.3) is 0 Å². The van der Waals surface area contributed by atoms with Crippen LogP contribution >= 0.6 is 0 Å². The second kappa shape index (κ2) is 6.02. The van der Waals surface area contributed by atoms with Gasteiger partial charge in [-0.3, -0.25) is 0 Å². The zero-order chi connectivity index (χ0) is 11.1. The van der Waals surface area contributed by atoms with Crippen LogP contribution in [0.5, 0.6) is 5.75 Å². The number of ether oxygens (including phenoxy) is 1. The van der Waals surface area contributed by atoms with E-state index in [4.69, 9.17) is 10.00 Å². The van der Waals surface area contributed by atoms with Gasteiger partial charge in [0.2, 0.25) is 0 Å². The first kappa shape index (κ1) is 11.5. The molecule has 0 aliphatic carbocycles. The van der Waals surface area contributed by atoms with Crippen LogP contribution in [0.25, 0.3) is 0 Å². The number of benzene rings is 1. The first-order valence-electron chi connectivity index (χ1n) is 5.06. The molecule has 0 atom stereocenters. The van der Waals surface area contributed by atoms with Gasteiger partial charge in [0, 0.05) is 6.42 Å². The Morgan fingerprint density at radius 2 is 2.27 bits per heavy atom. The van der Waals surface area contributed by atoms with Crippen LogP contribution in [0, 0.1) is 17.1 Å². The van der Waals surface area contributed by atoms with Crippen molar-refractivity contribution in [3.8, 4) is 11.8 Å². The first-order chi connectivity index (χ1) is 7.27. The fraction of sp³-hybridized carbons (Fsp3) is 0.417. The minimum Gasteiger partial charge on any atom is -0.494 e. The van der Waals surface area contributed by atoms with E-state index in [1.807, 2.05) is 6.92 Å². The standard InChI is InChI=1S/C12H14FNO/c1-2-15-12-7-6-11(13)9-10(12)5-3-4-8-14/h6-7,9H,2-5H2,1H3. The Morgan fingerprint density at radius 3 is 2.93 bits per heavy atom. The van der Waals surface area contributed by atoms with Crippen LogP contribution in [-0.4, -0.2) is 6.61 Å². The highest BCUT2D eigenvalue weighted by Gasteiger charge is 2.04. The molecule has 0 heterocycles. The van der Waals surface area contributed by atoms with E-state index in [0.717, 1.165) is 17.7 Å². The van der Waals surface area contributed by atoms with Gasteiger partial charge in [-0.2, -0.15) is 5.26 Å². The molecule has 1 aromatic rings. The van der Waals surface area contributed by atoms with Crippen LogP contribution in [0.2, 0.25) is 0 Å². The molecule has 0 fully saturated rings. The van der Waals surface area contributed by atoms with Crippen molar-refractivity contribution in [3.63, 3.8) is 0 Å². The average Bonchev–Trinajstić information content (AvgIpc) is 2.22. The highest BCUT2D eigenvalue weighted by Crippen LogP contribution is 2.21. The van der Waals surface area contributed by atoms with E-state index in [9.17, 15) is 4.39 Å². The maximum atomic E-state index is 13.0. The Kier molecular flexibility index (Phi) is 4.62. The molecule has 0 N–H and O–H groups in total. The first-order valence-corrected chi connectivity index (χ1v) is 5.06. The van der Waals surface area contributed by atoms with Gasteiger partial charge in [-0.1, -0.05) is 0 Å². The highest BCUT2D eigenvalue weighted by atomic mass is 19.1. The van der Waals surface area contributed by atoms with Crippen LogP contribution in [-0.2, 0) is 6.42 Å². The minimum atomic E-state index is -0.259. The molecule has 1 aromatic carbocycles. The molecule has 0 unspecified atom stereocenters. The van der Waals surface area contributed by atoms with E-state index < -0.39 is 0 Å². The summed E-state index contributed by atoms with van der Waals surface area (Å²) in [6.45, 7) is 2.46. The molecule has 0 saturated carbocycles. The lowest BCUT2D eigenvalue weighted by atomic mass is 10.1. The number of nitriles is 1. The SMILES string of the molecule is CCOc1ccc(F)cc1CCCC#N. The molecular formula is C12H14FNO. The molecule has 0 aromatic heterocycles. The third-order valence-corrected chi connectivity index (χ3v) is 2.06. The lowest BCUT2D eigenvalue weighted by Crippen LogP contribution is -1.97. The van der Waals surface area contributed by atoms with Crippen LogP contribution < -0.4 is 4.74 Å². The molecule has 0 aliphatic heterocycles. The van der Waals surface area contributed by atoms with Crippen molar-refractivity contribution in [2.24, 2.45) is 0 Å². The quantitative estimate of drug-likeness (QED) is 0.695. The van der Waals surface area contributed by atoms with Crippen molar-refractivity contribution in [2.45, 2.75) is 26.2 Å². The molecule has 0 aliphatic rings. The minimum absolute atomic E-state index is 0.259. The zero-order valence-corrected chi connectivity index (χ0v) is 8.79. The summed E-state index contributed by atoms with van der Waals surface area (Å²) in [7, 11) is 0. The molecule has 0 amide bonds. The van der Waals surface area contributed by atoms with Crippen molar-refractivity contribution >= 4 is 0 Å². The number of unbranched alkanes of at least 4 members (excludes halogenated alkanes) is 1. The zero-order valence-electron chi connectivity index (χ0n) is 8.79. The maximum Gasteiger partial charge on any atom is 0.123 e. The second-order valence-corrected chi connectivity index (χ2v) is 3.20. The van der Waals surface area contributed by atoms with Crippen molar-refractivity contribution in [3.05, 3.63) is 29.6 Å². The largest absolute Gasteiger partial charge is 0.494 e.